The Labute approximate surface area is 148 Å². The maximum absolute atomic E-state index is 12.4. The van der Waals surface area contributed by atoms with E-state index < -0.39 is 0 Å². The maximum atomic E-state index is 12.4. The third-order valence-corrected chi connectivity index (χ3v) is 4.37. The van der Waals surface area contributed by atoms with Crippen molar-refractivity contribution in [3.05, 3.63) is 76.7 Å². The van der Waals surface area contributed by atoms with Gasteiger partial charge in [0.2, 0.25) is 0 Å². The minimum atomic E-state index is -0.153. The SMILES string of the molecule is COc1ccc(Br)c(C(=O)NCc2ccc(-c3ccoc3)cc2)c1. The fraction of sp³-hybridized carbons (Fsp3) is 0.105. The largest absolute Gasteiger partial charge is 0.497 e. The van der Waals surface area contributed by atoms with Crippen LogP contribution in [0, 0.1) is 0 Å². The van der Waals surface area contributed by atoms with Crippen LogP contribution >= 0.6 is 15.9 Å². The number of amides is 1. The molecule has 0 aliphatic heterocycles. The van der Waals surface area contributed by atoms with E-state index in [0.29, 0.717) is 17.9 Å². The lowest BCUT2D eigenvalue weighted by Crippen LogP contribution is -2.23. The highest BCUT2D eigenvalue weighted by Crippen LogP contribution is 2.23. The second-order valence-corrected chi connectivity index (χ2v) is 6.09. The van der Waals surface area contributed by atoms with Crippen LogP contribution in [0.4, 0.5) is 0 Å². The predicted molar refractivity (Wildman–Crippen MR) is 96.0 cm³/mol. The average Bonchev–Trinajstić information content (AvgIpc) is 3.15. The summed E-state index contributed by atoms with van der Waals surface area (Å²) < 4.78 is 11.0. The number of carbonyl (C=O) groups excluding carboxylic acids is 1. The molecule has 1 heterocycles. The van der Waals surface area contributed by atoms with Gasteiger partial charge in [0, 0.05) is 16.6 Å². The highest BCUT2D eigenvalue weighted by molar-refractivity contribution is 9.10. The third-order valence-electron chi connectivity index (χ3n) is 3.68. The smallest absolute Gasteiger partial charge is 0.252 e. The van der Waals surface area contributed by atoms with Gasteiger partial charge in [-0.25, -0.2) is 0 Å². The first-order valence-corrected chi connectivity index (χ1v) is 8.20. The first-order valence-electron chi connectivity index (χ1n) is 7.40. The van der Waals surface area contributed by atoms with Crippen LogP contribution in [-0.2, 0) is 6.54 Å². The van der Waals surface area contributed by atoms with Crippen molar-refractivity contribution < 1.29 is 13.9 Å². The van der Waals surface area contributed by atoms with Crippen molar-refractivity contribution in [3.63, 3.8) is 0 Å². The molecule has 1 amide bonds. The molecule has 0 spiro atoms. The molecule has 3 rings (SSSR count). The summed E-state index contributed by atoms with van der Waals surface area (Å²) in [6.07, 6.45) is 3.35. The van der Waals surface area contributed by atoms with E-state index in [1.165, 1.54) is 0 Å². The number of hydrogen-bond donors (Lipinski definition) is 1. The van der Waals surface area contributed by atoms with Gasteiger partial charge in [0.15, 0.2) is 0 Å². The van der Waals surface area contributed by atoms with Crippen molar-refractivity contribution in [3.8, 4) is 16.9 Å². The molecule has 0 atom stereocenters. The summed E-state index contributed by atoms with van der Waals surface area (Å²) in [6.45, 7) is 0.453. The molecule has 1 aromatic heterocycles. The number of nitrogens with one attached hydrogen (secondary N) is 1. The zero-order valence-corrected chi connectivity index (χ0v) is 14.7. The van der Waals surface area contributed by atoms with Gasteiger partial charge in [-0.1, -0.05) is 24.3 Å². The highest BCUT2D eigenvalue weighted by atomic mass is 79.9. The van der Waals surface area contributed by atoms with Gasteiger partial charge in [-0.15, -0.1) is 0 Å². The van der Waals surface area contributed by atoms with E-state index in [4.69, 9.17) is 9.15 Å². The molecule has 3 aromatic rings. The van der Waals surface area contributed by atoms with Crippen LogP contribution in [0.3, 0.4) is 0 Å². The van der Waals surface area contributed by atoms with E-state index in [0.717, 1.165) is 21.2 Å². The van der Waals surface area contributed by atoms with Gasteiger partial charge < -0.3 is 14.5 Å². The standard InChI is InChI=1S/C19H16BrNO3/c1-23-16-6-7-18(20)17(10-16)19(22)21-11-13-2-4-14(5-3-13)15-8-9-24-12-15/h2-10,12H,11H2,1H3,(H,21,22). The van der Waals surface area contributed by atoms with Gasteiger partial charge in [0.25, 0.3) is 5.91 Å². The van der Waals surface area contributed by atoms with Crippen LogP contribution in [0.2, 0.25) is 0 Å². The van der Waals surface area contributed by atoms with Crippen LogP contribution in [0.25, 0.3) is 11.1 Å². The van der Waals surface area contributed by atoms with E-state index >= 15 is 0 Å². The van der Waals surface area contributed by atoms with Crippen molar-refractivity contribution in [1.82, 2.24) is 5.32 Å². The van der Waals surface area contributed by atoms with Gasteiger partial charge in [0.05, 0.1) is 25.2 Å². The van der Waals surface area contributed by atoms with Crippen LogP contribution < -0.4 is 10.1 Å². The molecule has 0 saturated carbocycles. The quantitative estimate of drug-likeness (QED) is 0.695. The Bertz CT molecular complexity index is 826. The zero-order chi connectivity index (χ0) is 16.9. The minimum absolute atomic E-state index is 0.153. The number of furan rings is 1. The Morgan fingerprint density at radius 3 is 2.58 bits per heavy atom. The van der Waals surface area contributed by atoms with Crippen LogP contribution in [-0.4, -0.2) is 13.0 Å². The van der Waals surface area contributed by atoms with Gasteiger partial charge in [0.1, 0.15) is 5.75 Å². The lowest BCUT2D eigenvalue weighted by Gasteiger charge is -2.09. The first-order chi connectivity index (χ1) is 11.7. The van der Waals surface area contributed by atoms with Gasteiger partial charge in [-0.2, -0.15) is 0 Å². The molecular weight excluding hydrogens is 370 g/mol. The van der Waals surface area contributed by atoms with Crippen LogP contribution in [0.1, 0.15) is 15.9 Å². The molecule has 0 saturated heterocycles. The molecule has 0 fully saturated rings. The van der Waals surface area contributed by atoms with Crippen molar-refractivity contribution >= 4 is 21.8 Å². The molecule has 0 aliphatic carbocycles. The van der Waals surface area contributed by atoms with Crippen LogP contribution in [0.15, 0.2) is 69.9 Å². The van der Waals surface area contributed by atoms with Gasteiger partial charge in [-0.05, 0) is 51.3 Å². The Hall–Kier alpha value is -2.53. The first kappa shape index (κ1) is 16.3. The summed E-state index contributed by atoms with van der Waals surface area (Å²) in [5.41, 5.74) is 3.68. The van der Waals surface area contributed by atoms with Gasteiger partial charge >= 0.3 is 0 Å². The lowest BCUT2D eigenvalue weighted by atomic mass is 10.1. The Morgan fingerprint density at radius 2 is 1.92 bits per heavy atom. The Kier molecular flexibility index (Phi) is 5.01. The number of hydrogen-bond acceptors (Lipinski definition) is 3. The Balaban J connectivity index is 1.66. The number of halogens is 1. The predicted octanol–water partition coefficient (Wildman–Crippen LogP) is 4.65. The average molecular weight is 386 g/mol. The van der Waals surface area contributed by atoms with E-state index in [1.807, 2.05) is 30.3 Å². The monoisotopic (exact) mass is 385 g/mol. The van der Waals surface area contributed by atoms with Gasteiger partial charge in [-0.3, -0.25) is 4.79 Å². The summed E-state index contributed by atoms with van der Waals surface area (Å²) in [5, 5.41) is 2.92. The molecule has 4 nitrogen and oxygen atoms in total. The molecule has 0 bridgehead atoms. The van der Waals surface area contributed by atoms with Crippen molar-refractivity contribution in [2.24, 2.45) is 0 Å². The summed E-state index contributed by atoms with van der Waals surface area (Å²) >= 11 is 3.39. The minimum Gasteiger partial charge on any atom is -0.497 e. The number of carbonyl (C=O) groups is 1. The normalized spacial score (nSPS) is 10.4. The van der Waals surface area contributed by atoms with E-state index in [1.54, 1.807) is 37.8 Å². The summed E-state index contributed by atoms with van der Waals surface area (Å²) in [5.74, 6) is 0.493. The molecule has 0 aliphatic rings. The third kappa shape index (κ3) is 3.68. The fourth-order valence-electron chi connectivity index (χ4n) is 2.33. The van der Waals surface area contributed by atoms with Crippen LogP contribution in [0.5, 0.6) is 5.75 Å². The molecule has 2 aromatic carbocycles. The highest BCUT2D eigenvalue weighted by Gasteiger charge is 2.11. The molecule has 0 unspecified atom stereocenters. The Morgan fingerprint density at radius 1 is 1.12 bits per heavy atom. The number of ether oxygens (including phenoxy) is 1. The zero-order valence-electron chi connectivity index (χ0n) is 13.1. The number of benzene rings is 2. The summed E-state index contributed by atoms with van der Waals surface area (Å²) in [4.78, 5) is 12.4. The number of rotatable bonds is 5. The topological polar surface area (TPSA) is 51.5 Å². The maximum Gasteiger partial charge on any atom is 0.252 e. The molecular formula is C19H16BrNO3. The number of methoxy groups -OCH3 is 1. The van der Waals surface area contributed by atoms with Crippen molar-refractivity contribution in [2.45, 2.75) is 6.54 Å². The molecule has 5 heteroatoms. The van der Waals surface area contributed by atoms with E-state index in [-0.39, 0.29) is 5.91 Å². The van der Waals surface area contributed by atoms with Crippen molar-refractivity contribution in [1.29, 1.82) is 0 Å². The lowest BCUT2D eigenvalue weighted by molar-refractivity contribution is 0.0950. The molecule has 122 valence electrons. The van der Waals surface area contributed by atoms with Crippen molar-refractivity contribution in [2.75, 3.05) is 7.11 Å². The second-order valence-electron chi connectivity index (χ2n) is 5.24. The van der Waals surface area contributed by atoms with E-state index in [9.17, 15) is 4.79 Å². The molecule has 1 N–H and O–H groups in total. The van der Waals surface area contributed by atoms with E-state index in [2.05, 4.69) is 21.2 Å². The second kappa shape index (κ2) is 7.36. The summed E-state index contributed by atoms with van der Waals surface area (Å²) in [6, 6.07) is 15.2. The molecule has 0 radical (unpaired) electrons. The summed E-state index contributed by atoms with van der Waals surface area (Å²) in [7, 11) is 1.58. The fourth-order valence-corrected chi connectivity index (χ4v) is 2.75. The molecule has 24 heavy (non-hydrogen) atoms.